The number of hydrogen-bond acceptors (Lipinski definition) is 2. The van der Waals surface area contributed by atoms with E-state index in [0.29, 0.717) is 0 Å². The molecule has 1 heterocycles. The first-order valence-corrected chi connectivity index (χ1v) is 3.07. The van der Waals surface area contributed by atoms with Crippen LogP contribution in [0.2, 0.25) is 0 Å². The zero-order chi connectivity index (χ0) is 9.30. The third-order valence-corrected chi connectivity index (χ3v) is 1.34. The fraction of sp³-hybridized carbons (Fsp3) is 0.333. The number of rotatable bonds is 2. The molecule has 1 aromatic rings. The number of nitrogens with zero attached hydrogens (tertiary/aromatic N) is 2. The lowest BCUT2D eigenvalue weighted by atomic mass is 10.3. The Morgan fingerprint density at radius 1 is 1.75 bits per heavy atom. The zero-order valence-electron chi connectivity index (χ0n) is 6.16. The number of hydrogen-bond donors (Lipinski definition) is 1. The van der Waals surface area contributed by atoms with E-state index in [1.165, 1.54) is 7.05 Å². The number of halogens is 2. The first-order valence-electron chi connectivity index (χ1n) is 3.07. The van der Waals surface area contributed by atoms with Crippen molar-refractivity contribution in [3.8, 4) is 0 Å². The minimum atomic E-state index is -2.73. The molecule has 0 radical (unpaired) electrons. The highest BCUT2D eigenvalue weighted by Gasteiger charge is 2.17. The number of alkyl halides is 2. The van der Waals surface area contributed by atoms with Gasteiger partial charge in [-0.25, -0.2) is 13.6 Å². The van der Waals surface area contributed by atoms with Gasteiger partial charge in [0.2, 0.25) is 0 Å². The van der Waals surface area contributed by atoms with Gasteiger partial charge in [0.1, 0.15) is 11.4 Å². The van der Waals surface area contributed by atoms with Crippen molar-refractivity contribution >= 4 is 5.97 Å². The topological polar surface area (TPSA) is 55.1 Å². The van der Waals surface area contributed by atoms with Crippen LogP contribution in [0.25, 0.3) is 0 Å². The fourth-order valence-electron chi connectivity index (χ4n) is 0.796. The molecule has 0 aliphatic rings. The molecule has 0 fully saturated rings. The number of aromatic nitrogens is 2. The molecule has 0 aliphatic heterocycles. The van der Waals surface area contributed by atoms with Crippen LogP contribution in [0.3, 0.4) is 0 Å². The Kier molecular flexibility index (Phi) is 2.07. The number of carboxylic acids is 1. The van der Waals surface area contributed by atoms with Crippen molar-refractivity contribution in [1.82, 2.24) is 9.78 Å². The van der Waals surface area contributed by atoms with Gasteiger partial charge in [-0.15, -0.1) is 0 Å². The normalized spacial score (nSPS) is 10.7. The molecule has 4 nitrogen and oxygen atoms in total. The smallest absolute Gasteiger partial charge is 0.354 e. The minimum absolute atomic E-state index is 0.245. The van der Waals surface area contributed by atoms with Gasteiger partial charge in [0.25, 0.3) is 6.43 Å². The van der Waals surface area contributed by atoms with Crippen molar-refractivity contribution in [1.29, 1.82) is 0 Å². The summed E-state index contributed by atoms with van der Waals surface area (Å²) in [5.41, 5.74) is -0.764. The molecular weight excluding hydrogens is 170 g/mol. The van der Waals surface area contributed by atoms with Crippen LogP contribution in [0.15, 0.2) is 6.07 Å². The maximum Gasteiger partial charge on any atom is 0.354 e. The standard InChI is InChI=1S/C6H6F2N2O2/c1-10-4(6(11)12)2-3(9-10)5(7)8/h2,5H,1H3,(H,11,12). The molecule has 0 spiro atoms. The molecule has 12 heavy (non-hydrogen) atoms. The van der Waals surface area contributed by atoms with E-state index in [9.17, 15) is 13.6 Å². The predicted molar refractivity (Wildman–Crippen MR) is 35.1 cm³/mol. The van der Waals surface area contributed by atoms with Gasteiger partial charge in [-0.3, -0.25) is 4.68 Å². The summed E-state index contributed by atoms with van der Waals surface area (Å²) in [4.78, 5) is 10.4. The Labute approximate surface area is 66.4 Å². The second kappa shape index (κ2) is 2.88. The Hall–Kier alpha value is -1.46. The molecule has 0 aromatic carbocycles. The van der Waals surface area contributed by atoms with E-state index in [4.69, 9.17) is 5.11 Å². The van der Waals surface area contributed by atoms with Gasteiger partial charge in [0.05, 0.1) is 0 Å². The number of aromatic carboxylic acids is 1. The van der Waals surface area contributed by atoms with Crippen molar-refractivity contribution in [2.24, 2.45) is 7.05 Å². The second-order valence-electron chi connectivity index (χ2n) is 2.18. The first kappa shape index (κ1) is 8.63. The fourth-order valence-corrected chi connectivity index (χ4v) is 0.796. The van der Waals surface area contributed by atoms with Gasteiger partial charge in [0, 0.05) is 7.05 Å². The van der Waals surface area contributed by atoms with Crippen LogP contribution in [0, 0.1) is 0 Å². The van der Waals surface area contributed by atoms with Crippen LogP contribution in [0.5, 0.6) is 0 Å². The van der Waals surface area contributed by atoms with E-state index in [-0.39, 0.29) is 5.69 Å². The second-order valence-corrected chi connectivity index (χ2v) is 2.18. The van der Waals surface area contributed by atoms with E-state index in [1.54, 1.807) is 0 Å². The molecular formula is C6H6F2N2O2. The van der Waals surface area contributed by atoms with E-state index in [0.717, 1.165) is 10.7 Å². The van der Waals surface area contributed by atoms with Crippen molar-refractivity contribution in [3.63, 3.8) is 0 Å². The SMILES string of the molecule is Cn1nc(C(F)F)cc1C(=O)O. The Balaban J connectivity index is 3.09. The summed E-state index contributed by atoms with van der Waals surface area (Å²) in [7, 11) is 1.30. The number of aryl methyl sites for hydroxylation is 1. The summed E-state index contributed by atoms with van der Waals surface area (Å²) in [5.74, 6) is -1.27. The summed E-state index contributed by atoms with van der Waals surface area (Å²) >= 11 is 0. The Morgan fingerprint density at radius 2 is 2.33 bits per heavy atom. The lowest BCUT2D eigenvalue weighted by Gasteiger charge is -1.91. The molecule has 1 rings (SSSR count). The average Bonchev–Trinajstić information content (AvgIpc) is 2.30. The maximum absolute atomic E-state index is 12.0. The van der Waals surface area contributed by atoms with Crippen molar-refractivity contribution in [2.75, 3.05) is 0 Å². The highest BCUT2D eigenvalue weighted by Crippen LogP contribution is 2.17. The highest BCUT2D eigenvalue weighted by molar-refractivity contribution is 5.85. The lowest BCUT2D eigenvalue weighted by Crippen LogP contribution is -2.04. The first-order chi connectivity index (χ1) is 5.52. The lowest BCUT2D eigenvalue weighted by molar-refractivity contribution is 0.0685. The van der Waals surface area contributed by atoms with E-state index in [1.807, 2.05) is 0 Å². The van der Waals surface area contributed by atoms with Crippen LogP contribution >= 0.6 is 0 Å². The van der Waals surface area contributed by atoms with Crippen LogP contribution < -0.4 is 0 Å². The summed E-state index contributed by atoms with van der Waals surface area (Å²) in [6.07, 6.45) is -2.73. The van der Waals surface area contributed by atoms with Gasteiger partial charge in [-0.1, -0.05) is 0 Å². The molecule has 0 saturated carbocycles. The van der Waals surface area contributed by atoms with E-state index < -0.39 is 18.1 Å². The molecule has 0 saturated heterocycles. The molecule has 1 N–H and O–H groups in total. The molecule has 1 aromatic heterocycles. The van der Waals surface area contributed by atoms with Gasteiger partial charge in [-0.2, -0.15) is 5.10 Å². The third kappa shape index (κ3) is 1.41. The Morgan fingerprint density at radius 3 is 2.58 bits per heavy atom. The van der Waals surface area contributed by atoms with Gasteiger partial charge in [-0.05, 0) is 6.07 Å². The van der Waals surface area contributed by atoms with E-state index in [2.05, 4.69) is 5.10 Å². The van der Waals surface area contributed by atoms with Gasteiger partial charge < -0.3 is 5.11 Å². The quantitative estimate of drug-likeness (QED) is 0.732. The number of carbonyl (C=O) groups is 1. The van der Waals surface area contributed by atoms with Crippen molar-refractivity contribution in [3.05, 3.63) is 17.5 Å². The molecule has 0 atom stereocenters. The average molecular weight is 176 g/mol. The van der Waals surface area contributed by atoms with Gasteiger partial charge >= 0.3 is 5.97 Å². The monoisotopic (exact) mass is 176 g/mol. The molecule has 0 aliphatic carbocycles. The van der Waals surface area contributed by atoms with Crippen LogP contribution in [-0.2, 0) is 7.05 Å². The Bertz CT molecular complexity index is 308. The summed E-state index contributed by atoms with van der Waals surface area (Å²) in [5, 5.41) is 11.8. The molecule has 0 bridgehead atoms. The van der Waals surface area contributed by atoms with Crippen molar-refractivity contribution < 1.29 is 18.7 Å². The third-order valence-electron chi connectivity index (χ3n) is 1.34. The summed E-state index contributed by atoms with van der Waals surface area (Å²) in [6, 6.07) is 0.854. The minimum Gasteiger partial charge on any atom is -0.477 e. The summed E-state index contributed by atoms with van der Waals surface area (Å²) in [6.45, 7) is 0. The molecule has 0 unspecified atom stereocenters. The maximum atomic E-state index is 12.0. The van der Waals surface area contributed by atoms with Crippen molar-refractivity contribution in [2.45, 2.75) is 6.43 Å². The molecule has 6 heteroatoms. The predicted octanol–water partition coefficient (Wildman–Crippen LogP) is 1.06. The van der Waals surface area contributed by atoms with Crippen LogP contribution in [0.1, 0.15) is 22.6 Å². The zero-order valence-corrected chi connectivity index (χ0v) is 6.16. The largest absolute Gasteiger partial charge is 0.477 e. The van der Waals surface area contributed by atoms with Gasteiger partial charge in [0.15, 0.2) is 0 Å². The molecule has 0 amide bonds. The molecule has 66 valence electrons. The van der Waals surface area contributed by atoms with E-state index >= 15 is 0 Å². The van der Waals surface area contributed by atoms with Crippen LogP contribution in [0.4, 0.5) is 8.78 Å². The highest BCUT2D eigenvalue weighted by atomic mass is 19.3. The van der Waals surface area contributed by atoms with Crippen LogP contribution in [-0.4, -0.2) is 20.9 Å². The summed E-state index contributed by atoms with van der Waals surface area (Å²) < 4.78 is 24.8. The number of carboxylic acid groups (broad SMARTS) is 1.